The van der Waals surface area contributed by atoms with E-state index >= 15 is 0 Å². The SMILES string of the molecule is CC(C(=O)NCC(F)(F)C(F)(F)F)C(=O)NC1CN(C(=O)OCC2CC2)c2ccccc2N(CC(F)(F)F)C1=O. The zero-order valence-electron chi connectivity index (χ0n) is 20.7. The zero-order chi connectivity index (χ0) is 30.0. The van der Waals surface area contributed by atoms with E-state index in [0.717, 1.165) is 30.7 Å². The second-order valence-electron chi connectivity index (χ2n) is 9.36. The van der Waals surface area contributed by atoms with E-state index in [-0.39, 0.29) is 28.8 Å². The van der Waals surface area contributed by atoms with E-state index in [1.54, 1.807) is 0 Å². The third-order valence-corrected chi connectivity index (χ3v) is 6.09. The van der Waals surface area contributed by atoms with Crippen molar-refractivity contribution in [1.29, 1.82) is 0 Å². The molecule has 1 aromatic carbocycles. The Labute approximate surface area is 221 Å². The fourth-order valence-electron chi connectivity index (χ4n) is 3.63. The molecule has 1 aliphatic carbocycles. The van der Waals surface area contributed by atoms with E-state index < -0.39 is 73.7 Å². The zero-order valence-corrected chi connectivity index (χ0v) is 20.7. The van der Waals surface area contributed by atoms with Crippen LogP contribution in [0.15, 0.2) is 24.3 Å². The maximum absolute atomic E-state index is 13.4. The highest BCUT2D eigenvalue weighted by Crippen LogP contribution is 2.36. The standard InChI is InChI=1S/C23H24F8N4O5/c1-12(17(36)32-10-21(24,25)23(29,30)31)18(37)33-14-8-34(20(39)40-9-13-6-7-13)15-4-2-3-5-16(15)35(19(14)38)11-22(26,27)28/h2-5,12-14H,6-11H2,1H3,(H,32,36)(H,33,37). The van der Waals surface area contributed by atoms with Crippen LogP contribution < -0.4 is 20.4 Å². The number of carbonyl (C=O) groups is 4. The second-order valence-corrected chi connectivity index (χ2v) is 9.36. The van der Waals surface area contributed by atoms with E-state index in [0.29, 0.717) is 0 Å². The lowest BCUT2D eigenvalue weighted by Gasteiger charge is -2.27. The largest absolute Gasteiger partial charge is 0.455 e. The maximum atomic E-state index is 13.4. The van der Waals surface area contributed by atoms with Gasteiger partial charge in [-0.2, -0.15) is 35.1 Å². The first-order valence-electron chi connectivity index (χ1n) is 11.9. The van der Waals surface area contributed by atoms with Gasteiger partial charge >= 0.3 is 24.4 Å². The van der Waals surface area contributed by atoms with Crippen molar-refractivity contribution in [3.63, 3.8) is 0 Å². The van der Waals surface area contributed by atoms with Gasteiger partial charge in [-0.3, -0.25) is 24.2 Å². The van der Waals surface area contributed by atoms with Crippen molar-refractivity contribution < 1.29 is 59.0 Å². The molecule has 3 rings (SSSR count). The third-order valence-electron chi connectivity index (χ3n) is 6.09. The molecule has 4 amide bonds. The summed E-state index contributed by atoms with van der Waals surface area (Å²) in [6, 6.07) is 3.21. The molecule has 0 bridgehead atoms. The first kappa shape index (κ1) is 30.9. The van der Waals surface area contributed by atoms with E-state index in [4.69, 9.17) is 4.74 Å². The van der Waals surface area contributed by atoms with Gasteiger partial charge in [-0.15, -0.1) is 0 Å². The molecule has 1 heterocycles. The number of para-hydroxylation sites is 2. The molecule has 9 nitrogen and oxygen atoms in total. The minimum atomic E-state index is -5.98. The summed E-state index contributed by atoms with van der Waals surface area (Å²) in [6.07, 6.45) is -10.3. The smallest absolute Gasteiger partial charge is 0.449 e. The summed E-state index contributed by atoms with van der Waals surface area (Å²) in [4.78, 5) is 52.0. The Morgan fingerprint density at radius 1 is 1.00 bits per heavy atom. The number of nitrogens with one attached hydrogen (secondary N) is 2. The van der Waals surface area contributed by atoms with E-state index in [9.17, 15) is 54.3 Å². The van der Waals surface area contributed by atoms with Crippen LogP contribution in [0.25, 0.3) is 0 Å². The molecule has 0 aromatic heterocycles. The van der Waals surface area contributed by atoms with Crippen LogP contribution in [0.5, 0.6) is 0 Å². The highest BCUT2D eigenvalue weighted by Gasteiger charge is 2.57. The summed E-state index contributed by atoms with van der Waals surface area (Å²) in [6.45, 7) is -3.90. The predicted octanol–water partition coefficient (Wildman–Crippen LogP) is 3.38. The molecule has 17 heteroatoms. The monoisotopic (exact) mass is 588 g/mol. The fraction of sp³-hybridized carbons (Fsp3) is 0.565. The second kappa shape index (κ2) is 11.4. The van der Waals surface area contributed by atoms with Gasteiger partial charge in [-0.05, 0) is 37.8 Å². The van der Waals surface area contributed by atoms with Gasteiger partial charge in [-0.1, -0.05) is 12.1 Å². The molecule has 0 spiro atoms. The number of ether oxygens (including phenoxy) is 1. The Hall–Kier alpha value is -3.66. The quantitative estimate of drug-likeness (QED) is 0.358. The van der Waals surface area contributed by atoms with Crippen molar-refractivity contribution in [2.24, 2.45) is 11.8 Å². The van der Waals surface area contributed by atoms with Crippen LogP contribution in [-0.2, 0) is 19.1 Å². The number of nitrogens with zero attached hydrogens (tertiary/aromatic N) is 2. The number of carbonyl (C=O) groups excluding carboxylic acids is 4. The molecule has 1 fully saturated rings. The Balaban J connectivity index is 1.84. The van der Waals surface area contributed by atoms with E-state index in [1.807, 2.05) is 5.32 Å². The predicted molar refractivity (Wildman–Crippen MR) is 121 cm³/mol. The van der Waals surface area contributed by atoms with Crippen LogP contribution in [-0.4, -0.2) is 74.4 Å². The van der Waals surface area contributed by atoms with Crippen LogP contribution in [0.3, 0.4) is 0 Å². The van der Waals surface area contributed by atoms with Crippen LogP contribution in [0.2, 0.25) is 0 Å². The number of amides is 4. The minimum absolute atomic E-state index is 0.00844. The number of hydrogen-bond donors (Lipinski definition) is 2. The summed E-state index contributed by atoms with van der Waals surface area (Å²) < 4.78 is 109. The first-order valence-corrected chi connectivity index (χ1v) is 11.9. The van der Waals surface area contributed by atoms with Crippen molar-refractivity contribution in [2.45, 2.75) is 44.1 Å². The van der Waals surface area contributed by atoms with Crippen molar-refractivity contribution in [1.82, 2.24) is 10.6 Å². The average molecular weight is 588 g/mol. The Kier molecular flexibility index (Phi) is 8.84. The summed E-state index contributed by atoms with van der Waals surface area (Å²) >= 11 is 0. The number of halogens is 8. The molecule has 2 atom stereocenters. The molecule has 0 radical (unpaired) electrons. The third kappa shape index (κ3) is 7.50. The number of anilines is 2. The normalized spacial score (nSPS) is 18.9. The molecular weight excluding hydrogens is 564 g/mol. The molecule has 2 unspecified atom stereocenters. The van der Waals surface area contributed by atoms with Gasteiger partial charge in [0, 0.05) is 0 Å². The number of alkyl halides is 8. The van der Waals surface area contributed by atoms with Crippen molar-refractivity contribution in [3.8, 4) is 0 Å². The summed E-state index contributed by atoms with van der Waals surface area (Å²) in [7, 11) is 0. The lowest BCUT2D eigenvalue weighted by molar-refractivity contribution is -0.278. The number of rotatable bonds is 8. The van der Waals surface area contributed by atoms with Gasteiger partial charge < -0.3 is 15.4 Å². The van der Waals surface area contributed by atoms with Gasteiger partial charge in [-0.25, -0.2) is 4.79 Å². The fourth-order valence-corrected chi connectivity index (χ4v) is 3.63. The Bertz CT molecular complexity index is 1140. The van der Waals surface area contributed by atoms with Crippen LogP contribution in [0.4, 0.5) is 51.3 Å². The number of fused-ring (bicyclic) bond motifs is 1. The van der Waals surface area contributed by atoms with Crippen molar-refractivity contribution in [3.05, 3.63) is 24.3 Å². The van der Waals surface area contributed by atoms with E-state index in [2.05, 4.69) is 0 Å². The molecule has 1 aliphatic heterocycles. The maximum Gasteiger partial charge on any atom is 0.455 e. The summed E-state index contributed by atoms with van der Waals surface area (Å²) in [5.74, 6) is -11.4. The van der Waals surface area contributed by atoms with Gasteiger partial charge in [0.25, 0.3) is 5.91 Å². The first-order chi connectivity index (χ1) is 18.4. The lowest BCUT2D eigenvalue weighted by Crippen LogP contribution is -2.56. The van der Waals surface area contributed by atoms with Crippen molar-refractivity contribution in [2.75, 3.05) is 36.0 Å². The molecule has 2 aliphatic rings. The Morgan fingerprint density at radius 2 is 1.60 bits per heavy atom. The molecule has 1 aromatic rings. The summed E-state index contributed by atoms with van der Waals surface area (Å²) in [5, 5.41) is 3.30. The Morgan fingerprint density at radius 3 is 2.15 bits per heavy atom. The topological polar surface area (TPSA) is 108 Å². The van der Waals surface area contributed by atoms with Crippen LogP contribution in [0.1, 0.15) is 19.8 Å². The molecule has 40 heavy (non-hydrogen) atoms. The van der Waals surface area contributed by atoms with Gasteiger partial charge in [0.1, 0.15) is 18.5 Å². The van der Waals surface area contributed by atoms with Gasteiger partial charge in [0.2, 0.25) is 11.8 Å². The molecule has 2 N–H and O–H groups in total. The van der Waals surface area contributed by atoms with Crippen LogP contribution in [0, 0.1) is 11.8 Å². The van der Waals surface area contributed by atoms with Gasteiger partial charge in [0.05, 0.1) is 31.1 Å². The average Bonchev–Trinajstić information content (AvgIpc) is 3.69. The summed E-state index contributed by atoms with van der Waals surface area (Å²) in [5.41, 5.74) is -0.470. The molecular formula is C23H24F8N4O5. The minimum Gasteiger partial charge on any atom is -0.449 e. The molecule has 1 saturated carbocycles. The number of hydrogen-bond acceptors (Lipinski definition) is 5. The molecule has 0 saturated heterocycles. The highest BCUT2D eigenvalue weighted by atomic mass is 19.4. The highest BCUT2D eigenvalue weighted by molar-refractivity contribution is 6.08. The van der Waals surface area contributed by atoms with E-state index in [1.165, 1.54) is 23.5 Å². The molecule has 222 valence electrons. The number of benzene rings is 1. The van der Waals surface area contributed by atoms with Gasteiger partial charge in [0.15, 0.2) is 0 Å². The lowest BCUT2D eigenvalue weighted by atomic mass is 10.1. The van der Waals surface area contributed by atoms with Crippen molar-refractivity contribution >= 4 is 35.2 Å². The van der Waals surface area contributed by atoms with Crippen LogP contribution >= 0.6 is 0 Å².